The Bertz CT molecular complexity index is 4010. The van der Waals surface area contributed by atoms with Gasteiger partial charge < -0.3 is 47.6 Å². The number of benzene rings is 8. The molecule has 0 aliphatic carbocycles. The summed E-state index contributed by atoms with van der Waals surface area (Å²) in [5, 5.41) is 37.6. The van der Waals surface area contributed by atoms with Gasteiger partial charge in [0.1, 0.15) is 52.1 Å². The molecule has 0 aromatic heterocycles. The third-order valence-corrected chi connectivity index (χ3v) is 14.9. The molecule has 4 aliphatic rings. The van der Waals surface area contributed by atoms with Crippen LogP contribution < -0.4 is 40.8 Å². The lowest BCUT2D eigenvalue weighted by atomic mass is 9.64. The van der Waals surface area contributed by atoms with Crippen molar-refractivity contribution in [3.05, 3.63) is 222 Å². The molecule has 12 rings (SSSR count). The predicted molar refractivity (Wildman–Crippen MR) is 329 cm³/mol. The Morgan fingerprint density at radius 2 is 0.857 bits per heavy atom. The molecule has 0 fully saturated rings. The Morgan fingerprint density at radius 3 is 1.35 bits per heavy atom. The van der Waals surface area contributed by atoms with Crippen LogP contribution in [0.25, 0.3) is 9.69 Å². The number of nitriles is 2. The predicted octanol–water partition coefficient (Wildman–Crippen LogP) is 12.4. The van der Waals surface area contributed by atoms with Gasteiger partial charge in [0, 0.05) is 0 Å². The molecule has 0 radical (unpaired) electrons. The van der Waals surface area contributed by atoms with Crippen molar-refractivity contribution in [2.24, 2.45) is 0 Å². The van der Waals surface area contributed by atoms with E-state index in [-0.39, 0.29) is 13.8 Å². The van der Waals surface area contributed by atoms with Crippen LogP contribution in [0.2, 0.25) is 13.6 Å². The number of nitrogens with zero attached hydrogens (tertiary/aromatic N) is 4. The molecule has 2 N–H and O–H groups in total. The van der Waals surface area contributed by atoms with Crippen molar-refractivity contribution in [2.45, 2.75) is 95.5 Å². The van der Waals surface area contributed by atoms with E-state index in [9.17, 15) is 15.3 Å². The van der Waals surface area contributed by atoms with Crippen LogP contribution in [0.4, 0.5) is 11.4 Å². The van der Waals surface area contributed by atoms with E-state index < -0.39 is 14.2 Å². The number of fused-ring (bicyclic) bond motifs is 4. The van der Waals surface area contributed by atoms with E-state index in [1.165, 1.54) is 22.1 Å². The zero-order valence-electron chi connectivity index (χ0n) is 48.6. The number of hydrogen-bond acceptors (Lipinski definition) is 12. The molecule has 0 spiro atoms. The van der Waals surface area contributed by atoms with E-state index >= 15 is 0 Å². The maximum Gasteiger partial charge on any atom is 0.491 e. The summed E-state index contributed by atoms with van der Waals surface area (Å²) in [6, 6.07) is 42.3. The topological polar surface area (TPSA) is 171 Å². The number of hydrogen-bond donors (Lipinski definition) is 2. The highest BCUT2D eigenvalue weighted by Gasteiger charge is 2.29. The second kappa shape index (κ2) is 26.0. The molecule has 416 valence electrons. The fraction of sp³-hybridized carbons (Fsp3) is 0.212. The highest BCUT2D eigenvalue weighted by atomic mass is 16.5. The fourth-order valence-electron chi connectivity index (χ4n) is 10.4. The summed E-state index contributed by atoms with van der Waals surface area (Å²) in [7, 11) is -1.70. The zero-order chi connectivity index (χ0) is 59.9. The molecule has 8 aromatic carbocycles. The van der Waals surface area contributed by atoms with Crippen molar-refractivity contribution in [2.75, 3.05) is 0 Å². The van der Waals surface area contributed by atoms with Crippen molar-refractivity contribution in [3.63, 3.8) is 0 Å². The molecule has 84 heavy (non-hydrogen) atoms. The normalized spacial score (nSPS) is 13.0. The van der Waals surface area contributed by atoms with Crippen LogP contribution in [0.5, 0.6) is 46.0 Å². The summed E-state index contributed by atoms with van der Waals surface area (Å²) in [4.78, 5) is 6.99. The second-order valence-corrected chi connectivity index (χ2v) is 21.2. The molecule has 14 nitrogen and oxygen atoms in total. The molecular formula is C66H60B4N4O10. The van der Waals surface area contributed by atoms with E-state index in [1.54, 1.807) is 30.3 Å². The van der Waals surface area contributed by atoms with Crippen LogP contribution in [0, 0.1) is 91.2 Å². The highest BCUT2D eigenvalue weighted by Crippen LogP contribution is 2.36. The van der Waals surface area contributed by atoms with E-state index in [0.717, 1.165) is 89.6 Å². The van der Waals surface area contributed by atoms with Crippen LogP contribution in [0.1, 0.15) is 77.9 Å². The molecule has 4 heterocycles. The van der Waals surface area contributed by atoms with E-state index in [1.807, 2.05) is 134 Å². The summed E-state index contributed by atoms with van der Waals surface area (Å²) in [6.45, 7) is 36.3. The lowest BCUT2D eigenvalue weighted by Gasteiger charge is -2.13. The molecule has 0 atom stereocenters. The van der Waals surface area contributed by atoms with Crippen molar-refractivity contribution in [1.29, 1.82) is 10.5 Å². The summed E-state index contributed by atoms with van der Waals surface area (Å²) in [5.74, 6) is 5.79. The standard InChI is InChI=1S/2C17H16BNO2.2C16H14BNO3/c1-11-8-17(12(2)7-16(11)19-4)21-14-5-6-15-13(9-14)10-20-18(15)3;1-11-7-14(19-4)8-12(2)17(11)21-15-5-6-16-13(9-15)10-20-18(16)3;1-10-5-11(2)16(7-12(10)8-18)21-14-3-4-15-13(6-14)9-20-17(15)19;1-10-5-11(2)16(12(6-10)8-18)21-14-3-4-15-13(7-14)9-20-17(15)19/h2*5-9H,10H2,1-3H3;2*3-7,19H,9H2,1-2H3. The second-order valence-electron chi connectivity index (χ2n) is 21.2. The molecule has 0 unspecified atom stereocenters. The molecule has 18 heteroatoms. The van der Waals surface area contributed by atoms with Gasteiger partial charge in [0.15, 0.2) is 11.4 Å². The largest absolute Gasteiger partial charge is 0.491 e. The van der Waals surface area contributed by atoms with Gasteiger partial charge >= 0.3 is 28.1 Å². The number of rotatable bonds is 8. The minimum Gasteiger partial charge on any atom is -0.457 e. The lowest BCUT2D eigenvalue weighted by molar-refractivity contribution is 0.274. The van der Waals surface area contributed by atoms with Crippen LogP contribution in [-0.2, 0) is 45.0 Å². The average Bonchev–Trinajstić information content (AvgIpc) is 4.34. The summed E-state index contributed by atoms with van der Waals surface area (Å²) in [5.41, 5.74) is 18.4. The molecule has 4 aliphatic heterocycles. The molecule has 0 saturated carbocycles. The minimum atomic E-state index is -0.857. The van der Waals surface area contributed by atoms with E-state index in [0.29, 0.717) is 71.9 Å². The van der Waals surface area contributed by atoms with Gasteiger partial charge in [0.2, 0.25) is 0 Å². The van der Waals surface area contributed by atoms with E-state index in [2.05, 4.69) is 47.6 Å². The van der Waals surface area contributed by atoms with E-state index in [4.69, 9.17) is 56.0 Å². The van der Waals surface area contributed by atoms with Gasteiger partial charge in [-0.1, -0.05) is 50.0 Å². The van der Waals surface area contributed by atoms with Gasteiger partial charge in [-0.2, -0.15) is 10.5 Å². The SMILES string of the molecule is Cc1cc(C)c(Oc2ccc3c(c2)COB3O)c(C#N)c1.Cc1cc(C)c(Oc2ccc3c(c2)COB3O)cc1C#N.[C-]#[N+]c1cc(C)c(Oc2ccc3c(c2)COB3C)c(C)c1.[C-]#[N+]c1cc(C)c(Oc2ccc3c(c2)COB3C)cc1C. The van der Waals surface area contributed by atoms with Gasteiger partial charge in [0.25, 0.3) is 0 Å². The van der Waals surface area contributed by atoms with Gasteiger partial charge in [-0.05, 0) is 229 Å². The molecule has 0 bridgehead atoms. The Morgan fingerprint density at radius 1 is 0.429 bits per heavy atom. The molecule has 0 amide bonds. The molecule has 0 saturated heterocycles. The Kier molecular flexibility index (Phi) is 18.5. The maximum absolute atomic E-state index is 9.61. The van der Waals surface area contributed by atoms with Gasteiger partial charge in [-0.25, -0.2) is 9.69 Å². The average molecular weight is 1110 g/mol. The molecule has 8 aromatic rings. The first-order valence-corrected chi connectivity index (χ1v) is 27.4. The number of ether oxygens (including phenoxy) is 4. The van der Waals surface area contributed by atoms with Crippen molar-refractivity contribution in [3.8, 4) is 58.1 Å². The third-order valence-electron chi connectivity index (χ3n) is 14.9. The van der Waals surface area contributed by atoms with Crippen molar-refractivity contribution in [1.82, 2.24) is 0 Å². The first-order chi connectivity index (χ1) is 40.3. The maximum atomic E-state index is 9.61. The van der Waals surface area contributed by atoms with Gasteiger partial charge in [-0.15, -0.1) is 0 Å². The Balaban J connectivity index is 0.000000134. The van der Waals surface area contributed by atoms with Crippen LogP contribution in [0.3, 0.4) is 0 Å². The highest BCUT2D eigenvalue weighted by molar-refractivity contribution is 6.68. The van der Waals surface area contributed by atoms with Gasteiger partial charge in [0.05, 0.1) is 56.8 Å². The Labute approximate surface area is 492 Å². The summed E-state index contributed by atoms with van der Waals surface area (Å²) in [6.07, 6.45) is 0. The minimum absolute atomic E-state index is 0.162. The molecular weight excluding hydrogens is 1050 g/mol. The Hall–Kier alpha value is -9.06. The van der Waals surface area contributed by atoms with Crippen LogP contribution in [0.15, 0.2) is 121 Å². The first kappa shape index (κ1) is 59.6. The summed E-state index contributed by atoms with van der Waals surface area (Å²) < 4.78 is 45.4. The summed E-state index contributed by atoms with van der Waals surface area (Å²) >= 11 is 0. The fourth-order valence-corrected chi connectivity index (χ4v) is 10.4. The zero-order valence-corrected chi connectivity index (χ0v) is 48.6. The quantitative estimate of drug-likeness (QED) is 0.109. The monoisotopic (exact) mass is 1110 g/mol. The number of aryl methyl sites for hydroxylation is 8. The smallest absolute Gasteiger partial charge is 0.457 e. The van der Waals surface area contributed by atoms with Crippen LogP contribution in [-0.4, -0.2) is 38.1 Å². The van der Waals surface area contributed by atoms with Crippen molar-refractivity contribution < 1.29 is 47.6 Å². The van der Waals surface area contributed by atoms with Crippen LogP contribution >= 0.6 is 0 Å². The van der Waals surface area contributed by atoms with Crippen molar-refractivity contribution >= 4 is 61.3 Å². The lowest BCUT2D eigenvalue weighted by Crippen LogP contribution is -2.27. The first-order valence-electron chi connectivity index (χ1n) is 27.4. The van der Waals surface area contributed by atoms with Gasteiger partial charge in [-0.3, -0.25) is 0 Å². The third kappa shape index (κ3) is 13.5.